The summed E-state index contributed by atoms with van der Waals surface area (Å²) in [5.74, 6) is -0.710. The van der Waals surface area contributed by atoms with Crippen LogP contribution in [0.15, 0.2) is 23.4 Å². The maximum absolute atomic E-state index is 11.8. The van der Waals surface area contributed by atoms with E-state index in [9.17, 15) is 9.59 Å². The zero-order valence-corrected chi connectivity index (χ0v) is 15.9. The van der Waals surface area contributed by atoms with Gasteiger partial charge in [0, 0.05) is 17.1 Å². The third kappa shape index (κ3) is 4.87. The van der Waals surface area contributed by atoms with Crippen molar-refractivity contribution in [3.63, 3.8) is 0 Å². The number of halogens is 2. The molecule has 0 aliphatic heterocycles. The molecule has 0 bridgehead atoms. The number of hydrogen-bond donors (Lipinski definition) is 1. The lowest BCUT2D eigenvalue weighted by atomic mass is 10.2. The number of ether oxygens (including phenoxy) is 1. The zero-order chi connectivity index (χ0) is 18.6. The van der Waals surface area contributed by atoms with Crippen LogP contribution in [0.1, 0.15) is 13.8 Å². The summed E-state index contributed by atoms with van der Waals surface area (Å²) in [6.45, 7) is 3.92. The van der Waals surface area contributed by atoms with Gasteiger partial charge >= 0.3 is 5.97 Å². The molecular formula is C15H16Cl2N4O3S. The first-order valence-electron chi connectivity index (χ1n) is 7.33. The second-order valence-electron chi connectivity index (χ2n) is 5.00. The maximum atomic E-state index is 11.8. The number of aromatic nitrogens is 3. The van der Waals surface area contributed by atoms with E-state index in [0.717, 1.165) is 11.8 Å². The highest BCUT2D eigenvalue weighted by molar-refractivity contribution is 7.99. The van der Waals surface area contributed by atoms with Crippen molar-refractivity contribution in [3.8, 4) is 11.4 Å². The molecule has 134 valence electrons. The van der Waals surface area contributed by atoms with E-state index >= 15 is 0 Å². The molecule has 0 unspecified atom stereocenters. The van der Waals surface area contributed by atoms with Crippen LogP contribution in [0.25, 0.3) is 11.4 Å². The van der Waals surface area contributed by atoms with Crippen molar-refractivity contribution in [2.45, 2.75) is 31.7 Å². The Hall–Kier alpha value is -1.77. The Labute approximate surface area is 158 Å². The topological polar surface area (TPSA) is 100 Å². The lowest BCUT2D eigenvalue weighted by molar-refractivity contribution is -0.151. The number of esters is 1. The summed E-state index contributed by atoms with van der Waals surface area (Å²) in [6.07, 6.45) is -0.972. The monoisotopic (exact) mass is 402 g/mol. The fourth-order valence-electron chi connectivity index (χ4n) is 1.96. The average molecular weight is 403 g/mol. The quantitative estimate of drug-likeness (QED) is 0.564. The van der Waals surface area contributed by atoms with Crippen LogP contribution in [0.3, 0.4) is 0 Å². The number of carbonyl (C=O) groups is 2. The van der Waals surface area contributed by atoms with E-state index in [1.165, 1.54) is 6.92 Å². The van der Waals surface area contributed by atoms with Crippen molar-refractivity contribution in [1.29, 1.82) is 0 Å². The number of nitrogens with two attached hydrogens (primary N) is 1. The number of amides is 1. The van der Waals surface area contributed by atoms with Crippen molar-refractivity contribution >= 4 is 46.8 Å². The molecule has 1 heterocycles. The van der Waals surface area contributed by atoms with Gasteiger partial charge in [0.25, 0.3) is 5.91 Å². The molecule has 25 heavy (non-hydrogen) atoms. The van der Waals surface area contributed by atoms with Gasteiger partial charge in [-0.2, -0.15) is 0 Å². The van der Waals surface area contributed by atoms with Crippen LogP contribution in [-0.4, -0.2) is 38.5 Å². The minimum atomic E-state index is -0.972. The van der Waals surface area contributed by atoms with E-state index in [4.69, 9.17) is 33.7 Å². The second kappa shape index (κ2) is 8.55. The Bertz CT molecular complexity index is 797. The maximum Gasteiger partial charge on any atom is 0.317 e. The van der Waals surface area contributed by atoms with E-state index in [1.807, 2.05) is 11.5 Å². The predicted molar refractivity (Wildman–Crippen MR) is 96.6 cm³/mol. The normalized spacial score (nSPS) is 12.0. The van der Waals surface area contributed by atoms with E-state index in [0.29, 0.717) is 33.1 Å². The molecule has 0 spiro atoms. The van der Waals surface area contributed by atoms with Crippen LogP contribution in [0, 0.1) is 0 Å². The minimum Gasteiger partial charge on any atom is -0.452 e. The molecule has 1 atom stereocenters. The second-order valence-corrected chi connectivity index (χ2v) is 6.78. The molecule has 7 nitrogen and oxygen atoms in total. The Balaban J connectivity index is 2.14. The molecule has 0 saturated heterocycles. The zero-order valence-electron chi connectivity index (χ0n) is 13.5. The summed E-state index contributed by atoms with van der Waals surface area (Å²) in [5.41, 5.74) is 5.75. The summed E-state index contributed by atoms with van der Waals surface area (Å²) >= 11 is 13.3. The summed E-state index contributed by atoms with van der Waals surface area (Å²) in [4.78, 5) is 22.7. The number of benzene rings is 1. The number of carbonyl (C=O) groups excluding carboxylic acids is 2. The molecule has 0 aliphatic rings. The van der Waals surface area contributed by atoms with Gasteiger partial charge < -0.3 is 15.0 Å². The van der Waals surface area contributed by atoms with Crippen LogP contribution < -0.4 is 5.73 Å². The van der Waals surface area contributed by atoms with Gasteiger partial charge in [-0.25, -0.2) is 0 Å². The fraction of sp³-hybridized carbons (Fsp3) is 0.333. The Morgan fingerprint density at radius 2 is 2.08 bits per heavy atom. The van der Waals surface area contributed by atoms with Gasteiger partial charge in [-0.3, -0.25) is 9.59 Å². The third-order valence-corrected chi connectivity index (χ3v) is 4.72. The van der Waals surface area contributed by atoms with Crippen LogP contribution in [-0.2, 0) is 20.9 Å². The van der Waals surface area contributed by atoms with Crippen molar-refractivity contribution in [2.75, 3.05) is 5.75 Å². The first-order valence-corrected chi connectivity index (χ1v) is 9.07. The number of hydrogen-bond acceptors (Lipinski definition) is 6. The van der Waals surface area contributed by atoms with E-state index in [1.54, 1.807) is 18.2 Å². The highest BCUT2D eigenvalue weighted by atomic mass is 35.5. The van der Waals surface area contributed by atoms with E-state index < -0.39 is 18.0 Å². The molecule has 0 saturated carbocycles. The van der Waals surface area contributed by atoms with Crippen LogP contribution >= 0.6 is 35.0 Å². The molecule has 2 rings (SSSR count). The molecule has 0 radical (unpaired) electrons. The molecule has 1 aromatic heterocycles. The molecule has 2 aromatic rings. The van der Waals surface area contributed by atoms with Crippen molar-refractivity contribution in [1.82, 2.24) is 14.8 Å². The lowest BCUT2D eigenvalue weighted by Crippen LogP contribution is -2.31. The highest BCUT2D eigenvalue weighted by Gasteiger charge is 2.19. The SMILES string of the molecule is CCn1c(SCC(=O)O[C@H](C)C(N)=O)nnc1-c1ccc(Cl)cc1Cl. The van der Waals surface area contributed by atoms with Gasteiger partial charge in [0.1, 0.15) is 0 Å². The number of rotatable bonds is 7. The summed E-state index contributed by atoms with van der Waals surface area (Å²) < 4.78 is 6.73. The van der Waals surface area contributed by atoms with Crippen LogP contribution in [0.4, 0.5) is 0 Å². The largest absolute Gasteiger partial charge is 0.452 e. The summed E-state index contributed by atoms with van der Waals surface area (Å²) in [6, 6.07) is 5.10. The standard InChI is InChI=1S/C15H16Cl2N4O3S/c1-3-21-14(10-5-4-9(16)6-11(10)17)19-20-15(21)25-7-12(22)24-8(2)13(18)23/h4-6,8H,3,7H2,1-2H3,(H2,18,23)/t8-/m1/s1. The van der Waals surface area contributed by atoms with Gasteiger partial charge in [-0.05, 0) is 32.0 Å². The Kier molecular flexibility index (Phi) is 6.69. The first kappa shape index (κ1) is 19.6. The van der Waals surface area contributed by atoms with Crippen molar-refractivity contribution < 1.29 is 14.3 Å². The summed E-state index contributed by atoms with van der Waals surface area (Å²) in [7, 11) is 0. The highest BCUT2D eigenvalue weighted by Crippen LogP contribution is 2.31. The fourth-order valence-corrected chi connectivity index (χ4v) is 3.24. The molecule has 1 aromatic carbocycles. The molecule has 0 fully saturated rings. The van der Waals surface area contributed by atoms with Crippen LogP contribution in [0.2, 0.25) is 10.0 Å². The van der Waals surface area contributed by atoms with E-state index in [-0.39, 0.29) is 5.75 Å². The molecule has 1 amide bonds. The Morgan fingerprint density at radius 3 is 2.68 bits per heavy atom. The molecule has 2 N–H and O–H groups in total. The van der Waals surface area contributed by atoms with Gasteiger partial charge in [0.2, 0.25) is 0 Å². The minimum absolute atomic E-state index is 0.0237. The Morgan fingerprint density at radius 1 is 1.36 bits per heavy atom. The van der Waals surface area contributed by atoms with Gasteiger partial charge in [-0.15, -0.1) is 10.2 Å². The average Bonchev–Trinajstić information content (AvgIpc) is 2.95. The number of primary amides is 1. The number of nitrogens with zero attached hydrogens (tertiary/aromatic N) is 3. The third-order valence-electron chi connectivity index (χ3n) is 3.23. The first-order chi connectivity index (χ1) is 11.8. The lowest BCUT2D eigenvalue weighted by Gasteiger charge is -2.10. The van der Waals surface area contributed by atoms with Gasteiger partial charge in [-0.1, -0.05) is 35.0 Å². The van der Waals surface area contributed by atoms with Crippen molar-refractivity contribution in [3.05, 3.63) is 28.2 Å². The smallest absolute Gasteiger partial charge is 0.317 e. The van der Waals surface area contributed by atoms with Gasteiger partial charge in [0.15, 0.2) is 17.1 Å². The number of thioether (sulfide) groups is 1. The van der Waals surface area contributed by atoms with Crippen molar-refractivity contribution in [2.24, 2.45) is 5.73 Å². The molecular weight excluding hydrogens is 387 g/mol. The molecule has 10 heteroatoms. The molecule has 0 aliphatic carbocycles. The summed E-state index contributed by atoms with van der Waals surface area (Å²) in [5, 5.41) is 9.77. The van der Waals surface area contributed by atoms with Crippen LogP contribution in [0.5, 0.6) is 0 Å². The predicted octanol–water partition coefficient (Wildman–Crippen LogP) is 2.78. The van der Waals surface area contributed by atoms with E-state index in [2.05, 4.69) is 10.2 Å². The van der Waals surface area contributed by atoms with Gasteiger partial charge in [0.05, 0.1) is 10.8 Å².